The summed E-state index contributed by atoms with van der Waals surface area (Å²) in [6, 6.07) is 3.87. The first kappa shape index (κ1) is 16.4. The fourth-order valence-corrected chi connectivity index (χ4v) is 2.70. The lowest BCUT2D eigenvalue weighted by atomic mass is 10.0. The number of hydrogen-bond acceptors (Lipinski definition) is 5. The fourth-order valence-electron chi connectivity index (χ4n) is 1.60. The van der Waals surface area contributed by atoms with Crippen molar-refractivity contribution in [1.82, 2.24) is 5.32 Å². The summed E-state index contributed by atoms with van der Waals surface area (Å²) >= 11 is 5.80. The van der Waals surface area contributed by atoms with Crippen molar-refractivity contribution < 1.29 is 18.6 Å². The summed E-state index contributed by atoms with van der Waals surface area (Å²) in [6.07, 6.45) is -1.75. The number of nitrogens with one attached hydrogen (secondary N) is 1. The largest absolute Gasteiger partial charge is 0.390 e. The molecule has 1 rings (SSSR count). The maximum atomic E-state index is 11.2. The summed E-state index contributed by atoms with van der Waals surface area (Å²) in [6.45, 7) is 0.543. The third kappa shape index (κ3) is 4.41. The zero-order chi connectivity index (χ0) is 14.6. The zero-order valence-corrected chi connectivity index (χ0v) is 11.9. The molecule has 2 unspecified atom stereocenters. The van der Waals surface area contributed by atoms with E-state index in [9.17, 15) is 18.6 Å². The smallest absolute Gasteiger partial charge is 0.239 e. The molecular weight excluding hydrogens is 292 g/mol. The number of primary sulfonamides is 1. The molecule has 1 aromatic carbocycles. The summed E-state index contributed by atoms with van der Waals surface area (Å²) in [7, 11) is -2.16. The molecule has 0 saturated heterocycles. The molecule has 0 fully saturated rings. The first-order chi connectivity index (χ1) is 8.77. The summed E-state index contributed by atoms with van der Waals surface area (Å²) in [5.41, 5.74) is 0.334. The van der Waals surface area contributed by atoms with Gasteiger partial charge in [0.25, 0.3) is 0 Å². The van der Waals surface area contributed by atoms with Crippen molar-refractivity contribution >= 4 is 21.6 Å². The molecule has 5 N–H and O–H groups in total. The Labute approximate surface area is 117 Å². The first-order valence-corrected chi connectivity index (χ1v) is 7.52. The molecule has 0 aliphatic rings. The molecule has 8 heteroatoms. The third-order valence-corrected chi connectivity index (χ3v) is 4.05. The molecule has 108 valence electrons. The van der Waals surface area contributed by atoms with Gasteiger partial charge in [-0.3, -0.25) is 0 Å². The quantitative estimate of drug-likeness (QED) is 0.590. The Morgan fingerprint density at radius 2 is 2.05 bits per heavy atom. The number of sulfonamides is 1. The molecule has 1 aromatic rings. The molecule has 0 radical (unpaired) electrons. The number of aliphatic hydroxyl groups is 2. The molecule has 0 amide bonds. The van der Waals surface area contributed by atoms with Crippen LogP contribution in [0.25, 0.3) is 0 Å². The predicted octanol–water partition coefficient (Wildman–Crippen LogP) is -0.00880. The fraction of sp³-hybridized carbons (Fsp3) is 0.455. The average Bonchev–Trinajstić information content (AvgIpc) is 2.33. The van der Waals surface area contributed by atoms with Gasteiger partial charge >= 0.3 is 0 Å². The number of benzene rings is 1. The van der Waals surface area contributed by atoms with Crippen LogP contribution in [0.1, 0.15) is 18.1 Å². The van der Waals surface area contributed by atoms with Crippen molar-refractivity contribution in [3.8, 4) is 0 Å². The van der Waals surface area contributed by atoms with Crippen molar-refractivity contribution in [2.45, 2.75) is 23.5 Å². The Bertz CT molecular complexity index is 535. The van der Waals surface area contributed by atoms with Gasteiger partial charge in [-0.2, -0.15) is 0 Å². The van der Waals surface area contributed by atoms with Gasteiger partial charge in [-0.1, -0.05) is 17.7 Å². The van der Waals surface area contributed by atoms with Crippen LogP contribution in [0, 0.1) is 0 Å². The Morgan fingerprint density at radius 1 is 1.42 bits per heavy atom. The number of aliphatic hydroxyl groups excluding tert-OH is 2. The van der Waals surface area contributed by atoms with Crippen molar-refractivity contribution in [2.24, 2.45) is 5.14 Å². The van der Waals surface area contributed by atoms with E-state index in [1.165, 1.54) is 18.2 Å². The van der Waals surface area contributed by atoms with Crippen LogP contribution in [-0.2, 0) is 10.0 Å². The van der Waals surface area contributed by atoms with Crippen molar-refractivity contribution in [1.29, 1.82) is 0 Å². The van der Waals surface area contributed by atoms with Gasteiger partial charge in [-0.05, 0) is 37.7 Å². The third-order valence-electron chi connectivity index (χ3n) is 2.66. The van der Waals surface area contributed by atoms with E-state index in [0.29, 0.717) is 18.5 Å². The standard InChI is InChI=1S/C11H17ClN2O4S/c1-14-5-4-9(15)11(16)7-2-3-10(8(12)6-7)19(13,17)18/h2-3,6,9,11,14-16H,4-5H2,1H3,(H2,13,17,18). The molecule has 0 spiro atoms. The molecule has 0 bridgehead atoms. The highest BCUT2D eigenvalue weighted by Crippen LogP contribution is 2.26. The molecule has 0 aliphatic carbocycles. The Morgan fingerprint density at radius 3 is 2.53 bits per heavy atom. The summed E-state index contributed by atoms with van der Waals surface area (Å²) in [4.78, 5) is -0.213. The van der Waals surface area contributed by atoms with Crippen LogP contribution >= 0.6 is 11.6 Å². The monoisotopic (exact) mass is 308 g/mol. The molecule has 19 heavy (non-hydrogen) atoms. The van der Waals surface area contributed by atoms with Gasteiger partial charge in [0.2, 0.25) is 10.0 Å². The highest BCUT2D eigenvalue weighted by molar-refractivity contribution is 7.89. The number of rotatable bonds is 6. The molecule has 2 atom stereocenters. The van der Waals surface area contributed by atoms with Crippen LogP contribution in [0.15, 0.2) is 23.1 Å². The topological polar surface area (TPSA) is 113 Å². The lowest BCUT2D eigenvalue weighted by Crippen LogP contribution is -2.23. The van der Waals surface area contributed by atoms with E-state index in [1.807, 2.05) is 0 Å². The van der Waals surface area contributed by atoms with Gasteiger partial charge in [0.05, 0.1) is 11.1 Å². The normalized spacial score (nSPS) is 15.2. The van der Waals surface area contributed by atoms with Crippen LogP contribution in [0.3, 0.4) is 0 Å². The summed E-state index contributed by atoms with van der Waals surface area (Å²) in [5, 5.41) is 27.4. The Kier molecular flexibility index (Phi) is 5.72. The van der Waals surface area contributed by atoms with E-state index in [0.717, 1.165) is 0 Å². The minimum absolute atomic E-state index is 0.0835. The van der Waals surface area contributed by atoms with Gasteiger partial charge in [0.1, 0.15) is 11.0 Å². The highest BCUT2D eigenvalue weighted by Gasteiger charge is 2.20. The summed E-state index contributed by atoms with van der Waals surface area (Å²) < 4.78 is 22.4. The van der Waals surface area contributed by atoms with E-state index in [-0.39, 0.29) is 9.92 Å². The SMILES string of the molecule is CNCCC(O)C(O)c1ccc(S(N)(=O)=O)c(Cl)c1. The van der Waals surface area contributed by atoms with E-state index >= 15 is 0 Å². The minimum Gasteiger partial charge on any atom is -0.390 e. The second kappa shape index (κ2) is 6.65. The molecule has 0 aromatic heterocycles. The molecular formula is C11H17ClN2O4S. The number of halogens is 1. The number of hydrogen-bond donors (Lipinski definition) is 4. The van der Waals surface area contributed by atoms with E-state index < -0.39 is 22.2 Å². The van der Waals surface area contributed by atoms with Crippen LogP contribution in [0.5, 0.6) is 0 Å². The van der Waals surface area contributed by atoms with Gasteiger partial charge in [-0.15, -0.1) is 0 Å². The van der Waals surface area contributed by atoms with Crippen molar-refractivity contribution in [2.75, 3.05) is 13.6 Å². The van der Waals surface area contributed by atoms with Crippen LogP contribution < -0.4 is 10.5 Å². The number of nitrogens with two attached hydrogens (primary N) is 1. The second-order valence-electron chi connectivity index (χ2n) is 4.14. The maximum Gasteiger partial charge on any atom is 0.239 e. The first-order valence-electron chi connectivity index (χ1n) is 5.60. The Balaban J connectivity index is 2.95. The average molecular weight is 309 g/mol. The maximum absolute atomic E-state index is 11.2. The van der Waals surface area contributed by atoms with E-state index in [2.05, 4.69) is 5.32 Å². The van der Waals surface area contributed by atoms with Gasteiger partial charge in [0, 0.05) is 0 Å². The van der Waals surface area contributed by atoms with Crippen molar-refractivity contribution in [3.63, 3.8) is 0 Å². The van der Waals surface area contributed by atoms with Gasteiger partial charge in [-0.25, -0.2) is 13.6 Å². The van der Waals surface area contributed by atoms with Crippen LogP contribution in [0.4, 0.5) is 0 Å². The molecule has 0 aliphatic heterocycles. The minimum atomic E-state index is -3.90. The van der Waals surface area contributed by atoms with E-state index in [1.54, 1.807) is 7.05 Å². The molecule has 6 nitrogen and oxygen atoms in total. The lowest BCUT2D eigenvalue weighted by molar-refractivity contribution is 0.0140. The van der Waals surface area contributed by atoms with Gasteiger partial charge < -0.3 is 15.5 Å². The lowest BCUT2D eigenvalue weighted by Gasteiger charge is -2.18. The van der Waals surface area contributed by atoms with Gasteiger partial charge in [0.15, 0.2) is 0 Å². The second-order valence-corrected chi connectivity index (χ2v) is 6.08. The van der Waals surface area contributed by atoms with Crippen molar-refractivity contribution in [3.05, 3.63) is 28.8 Å². The zero-order valence-electron chi connectivity index (χ0n) is 10.4. The highest BCUT2D eigenvalue weighted by atomic mass is 35.5. The summed E-state index contributed by atoms with van der Waals surface area (Å²) in [5.74, 6) is 0. The van der Waals surface area contributed by atoms with E-state index in [4.69, 9.17) is 16.7 Å². The molecule has 0 heterocycles. The molecule has 0 saturated carbocycles. The Hall–Kier alpha value is -0.700. The van der Waals surface area contributed by atoms with Crippen LogP contribution in [0.2, 0.25) is 5.02 Å². The van der Waals surface area contributed by atoms with Crippen LogP contribution in [-0.4, -0.2) is 38.3 Å². The predicted molar refractivity (Wildman–Crippen MR) is 72.3 cm³/mol.